The average Bonchev–Trinajstić information content (AvgIpc) is 2.28. The number of rotatable bonds is 1. The molecule has 4 heteroatoms. The molecule has 2 rings (SSSR count). The van der Waals surface area contributed by atoms with Crippen LogP contribution in [-0.4, -0.2) is 49.2 Å². The van der Waals surface area contributed by atoms with Gasteiger partial charge in [-0.05, 0) is 33.2 Å². The third-order valence-corrected chi connectivity index (χ3v) is 3.38. The summed E-state index contributed by atoms with van der Waals surface area (Å²) < 4.78 is 5.64. The highest BCUT2D eigenvalue weighted by Gasteiger charge is 2.30. The van der Waals surface area contributed by atoms with E-state index in [1.54, 1.807) is 0 Å². The van der Waals surface area contributed by atoms with E-state index in [2.05, 4.69) is 5.32 Å². The Balaban J connectivity index is 1.92. The van der Waals surface area contributed by atoms with Crippen LogP contribution in [0.1, 0.15) is 26.7 Å². The summed E-state index contributed by atoms with van der Waals surface area (Å²) in [7, 11) is 0. The lowest BCUT2D eigenvalue weighted by atomic mass is 9.97. The molecule has 0 spiro atoms. The summed E-state index contributed by atoms with van der Waals surface area (Å²) >= 11 is 0. The molecule has 0 aromatic heterocycles. The lowest BCUT2D eigenvalue weighted by Gasteiger charge is -2.37. The number of piperidine rings is 1. The fourth-order valence-electron chi connectivity index (χ4n) is 2.68. The molecule has 0 radical (unpaired) electrons. The molecule has 2 aliphatic rings. The minimum Gasteiger partial charge on any atom is -0.372 e. The van der Waals surface area contributed by atoms with Gasteiger partial charge in [0, 0.05) is 19.6 Å². The molecular weight excluding hydrogens is 204 g/mol. The molecule has 3 atom stereocenters. The molecule has 4 nitrogen and oxygen atoms in total. The normalized spacial score (nSPS) is 36.1. The molecule has 1 N–H and O–H groups in total. The first kappa shape index (κ1) is 11.9. The van der Waals surface area contributed by atoms with Crippen molar-refractivity contribution in [3.8, 4) is 0 Å². The van der Waals surface area contributed by atoms with E-state index < -0.39 is 0 Å². The molecule has 2 aliphatic heterocycles. The number of carbonyl (C=O) groups is 1. The number of carbonyl (C=O) groups excluding carboxylic acids is 1. The highest BCUT2D eigenvalue weighted by atomic mass is 16.5. The van der Waals surface area contributed by atoms with Gasteiger partial charge < -0.3 is 15.0 Å². The van der Waals surface area contributed by atoms with Crippen LogP contribution in [0.15, 0.2) is 0 Å². The van der Waals surface area contributed by atoms with Gasteiger partial charge in [0.15, 0.2) is 0 Å². The Morgan fingerprint density at radius 3 is 2.56 bits per heavy atom. The number of ether oxygens (including phenoxy) is 1. The summed E-state index contributed by atoms with van der Waals surface area (Å²) in [6.07, 6.45) is 2.49. The molecule has 0 aromatic rings. The molecule has 2 saturated heterocycles. The fraction of sp³-hybridized carbons (Fsp3) is 0.917. The zero-order chi connectivity index (χ0) is 11.5. The van der Waals surface area contributed by atoms with Crippen molar-refractivity contribution in [1.29, 1.82) is 0 Å². The summed E-state index contributed by atoms with van der Waals surface area (Å²) in [4.78, 5) is 14.3. The first-order chi connectivity index (χ1) is 7.66. The van der Waals surface area contributed by atoms with Crippen LogP contribution < -0.4 is 5.32 Å². The van der Waals surface area contributed by atoms with Crippen LogP contribution in [-0.2, 0) is 9.53 Å². The van der Waals surface area contributed by atoms with E-state index in [1.807, 2.05) is 18.7 Å². The van der Waals surface area contributed by atoms with E-state index in [0.29, 0.717) is 5.91 Å². The lowest BCUT2D eigenvalue weighted by Crippen LogP contribution is -2.52. The van der Waals surface area contributed by atoms with Crippen LogP contribution in [0, 0.1) is 5.92 Å². The average molecular weight is 226 g/mol. The van der Waals surface area contributed by atoms with Gasteiger partial charge in [0.25, 0.3) is 0 Å². The Morgan fingerprint density at radius 2 is 2.00 bits per heavy atom. The molecule has 0 aliphatic carbocycles. The van der Waals surface area contributed by atoms with E-state index in [0.717, 1.165) is 39.0 Å². The zero-order valence-electron chi connectivity index (χ0n) is 10.2. The van der Waals surface area contributed by atoms with E-state index in [1.165, 1.54) is 0 Å². The molecule has 0 bridgehead atoms. The zero-order valence-corrected chi connectivity index (χ0v) is 10.2. The van der Waals surface area contributed by atoms with Gasteiger partial charge in [-0.25, -0.2) is 0 Å². The maximum atomic E-state index is 12.3. The largest absolute Gasteiger partial charge is 0.372 e. The summed E-state index contributed by atoms with van der Waals surface area (Å²) in [6.45, 7) is 7.47. The van der Waals surface area contributed by atoms with Crippen LogP contribution in [0.5, 0.6) is 0 Å². The summed E-state index contributed by atoms with van der Waals surface area (Å²) in [5, 5.41) is 3.30. The Bertz CT molecular complexity index is 241. The van der Waals surface area contributed by atoms with Crippen LogP contribution in [0.4, 0.5) is 0 Å². The number of hydrogen-bond donors (Lipinski definition) is 1. The monoisotopic (exact) mass is 226 g/mol. The lowest BCUT2D eigenvalue weighted by molar-refractivity contribution is -0.147. The van der Waals surface area contributed by atoms with Crippen molar-refractivity contribution in [2.75, 3.05) is 26.2 Å². The van der Waals surface area contributed by atoms with Crippen LogP contribution in [0.2, 0.25) is 0 Å². The standard InChI is InChI=1S/C12H22N2O2/c1-9-7-14(8-10(2)16-9)12(15)11-4-3-5-13-6-11/h9-11,13H,3-8H2,1-2H3/t9-,10+,11-/m0/s1. The minimum atomic E-state index is 0.171. The Labute approximate surface area is 97.3 Å². The van der Waals surface area contributed by atoms with E-state index in [4.69, 9.17) is 4.74 Å². The first-order valence-electron chi connectivity index (χ1n) is 6.32. The smallest absolute Gasteiger partial charge is 0.227 e. The highest BCUT2D eigenvalue weighted by molar-refractivity contribution is 5.79. The molecule has 92 valence electrons. The van der Waals surface area contributed by atoms with Gasteiger partial charge in [-0.2, -0.15) is 0 Å². The third kappa shape index (κ3) is 2.74. The number of nitrogens with one attached hydrogen (secondary N) is 1. The van der Waals surface area contributed by atoms with Crippen LogP contribution in [0.3, 0.4) is 0 Å². The van der Waals surface area contributed by atoms with Gasteiger partial charge in [-0.1, -0.05) is 0 Å². The van der Waals surface area contributed by atoms with Gasteiger partial charge in [0.05, 0.1) is 18.1 Å². The van der Waals surface area contributed by atoms with Crippen molar-refractivity contribution in [2.24, 2.45) is 5.92 Å². The molecule has 2 fully saturated rings. The number of morpholine rings is 1. The van der Waals surface area contributed by atoms with Gasteiger partial charge in [0.2, 0.25) is 5.91 Å². The predicted octanol–water partition coefficient (Wildman–Crippen LogP) is 0.622. The Hall–Kier alpha value is -0.610. The van der Waals surface area contributed by atoms with Crippen LogP contribution in [0.25, 0.3) is 0 Å². The molecule has 2 heterocycles. The van der Waals surface area contributed by atoms with Crippen molar-refractivity contribution >= 4 is 5.91 Å². The molecular formula is C12H22N2O2. The second kappa shape index (κ2) is 5.15. The van der Waals surface area contributed by atoms with Crippen molar-refractivity contribution in [3.63, 3.8) is 0 Å². The molecule has 16 heavy (non-hydrogen) atoms. The van der Waals surface area contributed by atoms with E-state index in [9.17, 15) is 4.79 Å². The van der Waals surface area contributed by atoms with Crippen molar-refractivity contribution in [2.45, 2.75) is 38.9 Å². The second-order valence-corrected chi connectivity index (χ2v) is 5.04. The maximum absolute atomic E-state index is 12.3. The Morgan fingerprint density at radius 1 is 1.31 bits per heavy atom. The van der Waals surface area contributed by atoms with Gasteiger partial charge >= 0.3 is 0 Å². The topological polar surface area (TPSA) is 41.6 Å². The van der Waals surface area contributed by atoms with Gasteiger partial charge in [-0.15, -0.1) is 0 Å². The van der Waals surface area contributed by atoms with Gasteiger partial charge in [-0.3, -0.25) is 4.79 Å². The summed E-state index contributed by atoms with van der Waals surface area (Å²) in [6, 6.07) is 0. The Kier molecular flexibility index (Phi) is 3.82. The molecule has 0 saturated carbocycles. The minimum absolute atomic E-state index is 0.171. The highest BCUT2D eigenvalue weighted by Crippen LogP contribution is 2.17. The van der Waals surface area contributed by atoms with Crippen molar-refractivity contribution in [3.05, 3.63) is 0 Å². The van der Waals surface area contributed by atoms with E-state index >= 15 is 0 Å². The second-order valence-electron chi connectivity index (χ2n) is 5.04. The van der Waals surface area contributed by atoms with Crippen molar-refractivity contribution < 1.29 is 9.53 Å². The number of hydrogen-bond acceptors (Lipinski definition) is 3. The molecule has 0 unspecified atom stereocenters. The quantitative estimate of drug-likeness (QED) is 0.713. The summed E-state index contributed by atoms with van der Waals surface area (Å²) in [5.74, 6) is 0.500. The first-order valence-corrected chi connectivity index (χ1v) is 6.32. The number of nitrogens with zero attached hydrogens (tertiary/aromatic N) is 1. The predicted molar refractivity (Wildman–Crippen MR) is 62.2 cm³/mol. The fourth-order valence-corrected chi connectivity index (χ4v) is 2.68. The van der Waals surface area contributed by atoms with Crippen molar-refractivity contribution in [1.82, 2.24) is 10.2 Å². The molecule has 0 aromatic carbocycles. The summed E-state index contributed by atoms with van der Waals surface area (Å²) in [5.41, 5.74) is 0. The van der Waals surface area contributed by atoms with Gasteiger partial charge in [0.1, 0.15) is 0 Å². The molecule has 1 amide bonds. The maximum Gasteiger partial charge on any atom is 0.227 e. The van der Waals surface area contributed by atoms with E-state index in [-0.39, 0.29) is 18.1 Å². The third-order valence-electron chi connectivity index (χ3n) is 3.38. The van der Waals surface area contributed by atoms with Crippen LogP contribution >= 0.6 is 0 Å². The SMILES string of the molecule is C[C@@H]1CN(C(=O)[C@H]2CCCNC2)C[C@H](C)O1. The number of amides is 1.